The maximum Gasteiger partial charge on any atom is 0.0960 e. The van der Waals surface area contributed by atoms with Crippen LogP contribution < -0.4 is 0 Å². The molecule has 0 aliphatic carbocycles. The topological polar surface area (TPSA) is 22.4 Å². The first kappa shape index (κ1) is 9.53. The average Bonchev–Trinajstić information content (AvgIpc) is 2.73. The summed E-state index contributed by atoms with van der Waals surface area (Å²) in [6, 6.07) is 1.98. The van der Waals surface area contributed by atoms with Crippen LogP contribution in [0.2, 0.25) is 0 Å². The summed E-state index contributed by atoms with van der Waals surface area (Å²) in [7, 11) is 0. The van der Waals surface area contributed by atoms with Gasteiger partial charge in [-0.05, 0) is 32.3 Å². The number of hydrogen-bond acceptors (Lipinski definition) is 2. The Bertz CT molecular complexity index is 302. The first-order valence-electron chi connectivity index (χ1n) is 5.04. The molecule has 0 radical (unpaired) electrons. The van der Waals surface area contributed by atoms with Crippen molar-refractivity contribution in [2.75, 3.05) is 0 Å². The monoisotopic (exact) mass is 192 g/mol. The fraction of sp³-hybridized carbons (Fsp3) is 0.500. The largest absolute Gasteiger partial charge is 0.472 e. The second-order valence-corrected chi connectivity index (χ2v) is 4.14. The number of ether oxygens (including phenoxy) is 1. The van der Waals surface area contributed by atoms with Gasteiger partial charge in [-0.1, -0.05) is 6.08 Å². The van der Waals surface area contributed by atoms with E-state index in [1.807, 2.05) is 12.1 Å². The van der Waals surface area contributed by atoms with E-state index in [-0.39, 0.29) is 11.7 Å². The molecule has 0 N–H and O–H groups in total. The van der Waals surface area contributed by atoms with Crippen LogP contribution in [0.25, 0.3) is 0 Å². The Labute approximate surface area is 84.6 Å². The Kier molecular flexibility index (Phi) is 2.46. The summed E-state index contributed by atoms with van der Waals surface area (Å²) in [6.07, 6.45) is 8.68. The van der Waals surface area contributed by atoms with Gasteiger partial charge < -0.3 is 9.15 Å². The molecule has 0 aromatic carbocycles. The van der Waals surface area contributed by atoms with E-state index in [1.54, 1.807) is 12.5 Å². The molecule has 0 unspecified atom stereocenters. The van der Waals surface area contributed by atoms with Crippen LogP contribution in [0.1, 0.15) is 37.9 Å². The summed E-state index contributed by atoms with van der Waals surface area (Å²) in [4.78, 5) is 0. The number of furan rings is 1. The fourth-order valence-electron chi connectivity index (χ4n) is 2.05. The van der Waals surface area contributed by atoms with E-state index in [1.165, 1.54) is 0 Å². The Morgan fingerprint density at radius 2 is 2.57 bits per heavy atom. The molecule has 1 fully saturated rings. The molecule has 2 rings (SSSR count). The standard InChI is InChI=1S/C12H16O2/c1-3-6-12(2)7-4-11(14-12)10-5-8-13-9-10/h3,5,8-9,11H,1,4,6-7H2,2H3/t11-,12+/m0/s1. The van der Waals surface area contributed by atoms with Gasteiger partial charge in [0, 0.05) is 5.56 Å². The van der Waals surface area contributed by atoms with Crippen LogP contribution in [-0.4, -0.2) is 5.60 Å². The maximum atomic E-state index is 6.00. The van der Waals surface area contributed by atoms with Gasteiger partial charge in [-0.2, -0.15) is 0 Å². The fourth-order valence-corrected chi connectivity index (χ4v) is 2.05. The summed E-state index contributed by atoms with van der Waals surface area (Å²) in [6.45, 7) is 5.91. The van der Waals surface area contributed by atoms with E-state index in [4.69, 9.17) is 9.15 Å². The van der Waals surface area contributed by atoms with Gasteiger partial charge in [0.05, 0.1) is 24.2 Å². The average molecular weight is 192 g/mol. The Morgan fingerprint density at radius 3 is 3.21 bits per heavy atom. The lowest BCUT2D eigenvalue weighted by molar-refractivity contribution is -0.0274. The summed E-state index contributed by atoms with van der Waals surface area (Å²) in [5.41, 5.74) is 1.13. The predicted octanol–water partition coefficient (Wildman–Crippen LogP) is 3.47. The summed E-state index contributed by atoms with van der Waals surface area (Å²) < 4.78 is 11.1. The highest BCUT2D eigenvalue weighted by molar-refractivity contribution is 5.12. The lowest BCUT2D eigenvalue weighted by Gasteiger charge is -2.22. The lowest BCUT2D eigenvalue weighted by Crippen LogP contribution is -2.21. The van der Waals surface area contributed by atoms with E-state index >= 15 is 0 Å². The Morgan fingerprint density at radius 1 is 1.71 bits per heavy atom. The second-order valence-electron chi connectivity index (χ2n) is 4.14. The third-order valence-electron chi connectivity index (χ3n) is 2.85. The molecule has 2 atom stereocenters. The summed E-state index contributed by atoms with van der Waals surface area (Å²) in [5, 5.41) is 0. The van der Waals surface area contributed by atoms with Crippen LogP contribution >= 0.6 is 0 Å². The van der Waals surface area contributed by atoms with Gasteiger partial charge in [-0.15, -0.1) is 6.58 Å². The van der Waals surface area contributed by atoms with Crippen LogP contribution in [0.15, 0.2) is 35.7 Å². The molecule has 0 saturated carbocycles. The van der Waals surface area contributed by atoms with E-state index in [0.29, 0.717) is 0 Å². The van der Waals surface area contributed by atoms with Gasteiger partial charge in [-0.3, -0.25) is 0 Å². The molecular formula is C12H16O2. The molecule has 2 heterocycles. The Balaban J connectivity index is 2.04. The molecule has 1 aliphatic rings. The van der Waals surface area contributed by atoms with Crippen molar-refractivity contribution in [3.63, 3.8) is 0 Å². The van der Waals surface area contributed by atoms with E-state index in [0.717, 1.165) is 24.8 Å². The molecule has 0 spiro atoms. The third-order valence-corrected chi connectivity index (χ3v) is 2.85. The van der Waals surface area contributed by atoms with Crippen molar-refractivity contribution in [2.24, 2.45) is 0 Å². The number of hydrogen-bond donors (Lipinski definition) is 0. The predicted molar refractivity (Wildman–Crippen MR) is 55.0 cm³/mol. The van der Waals surface area contributed by atoms with E-state index in [2.05, 4.69) is 13.5 Å². The van der Waals surface area contributed by atoms with Gasteiger partial charge in [0.1, 0.15) is 0 Å². The van der Waals surface area contributed by atoms with Gasteiger partial charge in [0.15, 0.2) is 0 Å². The molecule has 1 saturated heterocycles. The molecule has 76 valence electrons. The minimum Gasteiger partial charge on any atom is -0.472 e. The van der Waals surface area contributed by atoms with Crippen molar-refractivity contribution in [1.29, 1.82) is 0 Å². The van der Waals surface area contributed by atoms with Crippen molar-refractivity contribution in [2.45, 2.75) is 37.9 Å². The van der Waals surface area contributed by atoms with Crippen LogP contribution in [-0.2, 0) is 4.74 Å². The van der Waals surface area contributed by atoms with Gasteiger partial charge in [0.2, 0.25) is 0 Å². The molecule has 0 amide bonds. The first-order valence-corrected chi connectivity index (χ1v) is 5.04. The molecule has 1 aromatic rings. The normalized spacial score (nSPS) is 31.9. The van der Waals surface area contributed by atoms with Crippen molar-refractivity contribution < 1.29 is 9.15 Å². The Hall–Kier alpha value is -1.02. The molecule has 1 aliphatic heterocycles. The van der Waals surface area contributed by atoms with Gasteiger partial charge in [0.25, 0.3) is 0 Å². The molecule has 0 bridgehead atoms. The zero-order valence-corrected chi connectivity index (χ0v) is 8.53. The summed E-state index contributed by atoms with van der Waals surface area (Å²) in [5.74, 6) is 0. The van der Waals surface area contributed by atoms with E-state index in [9.17, 15) is 0 Å². The first-order chi connectivity index (χ1) is 6.73. The highest BCUT2D eigenvalue weighted by Gasteiger charge is 2.35. The minimum absolute atomic E-state index is 0.0241. The minimum atomic E-state index is -0.0241. The number of rotatable bonds is 3. The molecular weight excluding hydrogens is 176 g/mol. The van der Waals surface area contributed by atoms with Gasteiger partial charge >= 0.3 is 0 Å². The zero-order valence-electron chi connectivity index (χ0n) is 8.53. The van der Waals surface area contributed by atoms with Crippen molar-refractivity contribution in [1.82, 2.24) is 0 Å². The quantitative estimate of drug-likeness (QED) is 0.684. The van der Waals surface area contributed by atoms with Crippen molar-refractivity contribution in [3.05, 3.63) is 36.8 Å². The van der Waals surface area contributed by atoms with Crippen LogP contribution in [0.5, 0.6) is 0 Å². The highest BCUT2D eigenvalue weighted by atomic mass is 16.5. The maximum absolute atomic E-state index is 6.00. The SMILES string of the molecule is C=CC[C@]1(C)CC[C@@H](c2ccoc2)O1. The van der Waals surface area contributed by atoms with Crippen molar-refractivity contribution >= 4 is 0 Å². The lowest BCUT2D eigenvalue weighted by atomic mass is 9.98. The van der Waals surface area contributed by atoms with E-state index < -0.39 is 0 Å². The highest BCUT2D eigenvalue weighted by Crippen LogP contribution is 2.41. The molecule has 2 heteroatoms. The van der Waals surface area contributed by atoms with Crippen molar-refractivity contribution in [3.8, 4) is 0 Å². The summed E-state index contributed by atoms with van der Waals surface area (Å²) >= 11 is 0. The van der Waals surface area contributed by atoms with Crippen LogP contribution in [0, 0.1) is 0 Å². The second kappa shape index (κ2) is 3.62. The molecule has 14 heavy (non-hydrogen) atoms. The van der Waals surface area contributed by atoms with Crippen LogP contribution in [0.3, 0.4) is 0 Å². The van der Waals surface area contributed by atoms with Crippen LogP contribution in [0.4, 0.5) is 0 Å². The smallest absolute Gasteiger partial charge is 0.0960 e. The van der Waals surface area contributed by atoms with Gasteiger partial charge in [-0.25, -0.2) is 0 Å². The third kappa shape index (κ3) is 1.75. The molecule has 1 aromatic heterocycles. The molecule has 2 nitrogen and oxygen atoms in total. The zero-order chi connectivity index (χ0) is 10.0.